The molecule has 0 aromatic heterocycles. The van der Waals surface area contributed by atoms with Crippen molar-refractivity contribution in [2.75, 3.05) is 13.1 Å². The van der Waals surface area contributed by atoms with Gasteiger partial charge in [0, 0.05) is 37.8 Å². The van der Waals surface area contributed by atoms with E-state index in [0.717, 1.165) is 38.0 Å². The van der Waals surface area contributed by atoms with Gasteiger partial charge in [0.25, 0.3) is 5.69 Å². The maximum absolute atomic E-state index is 11.0. The number of benzene rings is 1. The van der Waals surface area contributed by atoms with Crippen LogP contribution in [-0.4, -0.2) is 35.0 Å². The summed E-state index contributed by atoms with van der Waals surface area (Å²) in [7, 11) is 0. The Labute approximate surface area is 130 Å². The van der Waals surface area contributed by atoms with Gasteiger partial charge in [0.1, 0.15) is 5.02 Å². The molecular formula is C15H22ClN3O2. The lowest BCUT2D eigenvalue weighted by Crippen LogP contribution is -2.55. The molecule has 1 aromatic carbocycles. The monoisotopic (exact) mass is 311 g/mol. The van der Waals surface area contributed by atoms with Crippen LogP contribution in [0.1, 0.15) is 32.3 Å². The molecule has 2 atom stereocenters. The number of halogens is 1. The molecule has 1 fully saturated rings. The molecule has 1 aromatic rings. The predicted molar refractivity (Wildman–Crippen MR) is 84.7 cm³/mol. The molecule has 1 heterocycles. The number of nitrogens with one attached hydrogen (secondary N) is 1. The van der Waals surface area contributed by atoms with Crippen LogP contribution in [0, 0.1) is 10.1 Å². The minimum absolute atomic E-state index is 0.00982. The van der Waals surface area contributed by atoms with Crippen molar-refractivity contribution >= 4 is 17.3 Å². The van der Waals surface area contributed by atoms with Gasteiger partial charge in [0.2, 0.25) is 0 Å². The first-order valence-corrected chi connectivity index (χ1v) is 7.83. The number of nitro groups is 1. The second-order valence-electron chi connectivity index (χ2n) is 5.55. The molecule has 0 aliphatic carbocycles. The van der Waals surface area contributed by atoms with E-state index < -0.39 is 4.92 Å². The van der Waals surface area contributed by atoms with E-state index in [0.29, 0.717) is 12.1 Å². The topological polar surface area (TPSA) is 58.4 Å². The van der Waals surface area contributed by atoms with E-state index in [1.807, 2.05) is 6.07 Å². The summed E-state index contributed by atoms with van der Waals surface area (Å²) in [6.45, 7) is 7.04. The van der Waals surface area contributed by atoms with E-state index in [1.165, 1.54) is 0 Å². The van der Waals surface area contributed by atoms with Crippen LogP contribution in [0.4, 0.5) is 5.69 Å². The Morgan fingerprint density at radius 2 is 2.19 bits per heavy atom. The van der Waals surface area contributed by atoms with Gasteiger partial charge in [0.15, 0.2) is 0 Å². The lowest BCUT2D eigenvalue weighted by atomic mass is 10.0. The van der Waals surface area contributed by atoms with Crippen LogP contribution < -0.4 is 5.32 Å². The number of piperazine rings is 1. The molecule has 2 rings (SSSR count). The Balaban J connectivity index is 2.15. The average Bonchev–Trinajstić information content (AvgIpc) is 2.48. The molecule has 0 amide bonds. The highest BCUT2D eigenvalue weighted by Gasteiger charge is 2.26. The summed E-state index contributed by atoms with van der Waals surface area (Å²) in [5.41, 5.74) is 0.936. The van der Waals surface area contributed by atoms with E-state index in [-0.39, 0.29) is 10.7 Å². The smallest absolute Gasteiger partial charge is 0.288 e. The largest absolute Gasteiger partial charge is 0.311 e. The molecule has 0 radical (unpaired) electrons. The molecule has 2 unspecified atom stereocenters. The zero-order chi connectivity index (χ0) is 15.4. The summed E-state index contributed by atoms with van der Waals surface area (Å²) in [5, 5.41) is 14.7. The molecule has 21 heavy (non-hydrogen) atoms. The van der Waals surface area contributed by atoms with Gasteiger partial charge in [-0.25, -0.2) is 0 Å². The Hall–Kier alpha value is -1.17. The maximum Gasteiger partial charge on any atom is 0.288 e. The highest BCUT2D eigenvalue weighted by atomic mass is 35.5. The zero-order valence-electron chi connectivity index (χ0n) is 12.5. The van der Waals surface area contributed by atoms with Gasteiger partial charge in [-0.2, -0.15) is 0 Å². The Kier molecular flexibility index (Phi) is 5.56. The molecule has 1 aliphatic rings. The highest BCUT2D eigenvalue weighted by molar-refractivity contribution is 6.32. The number of nitro benzene ring substituents is 1. The quantitative estimate of drug-likeness (QED) is 0.670. The Morgan fingerprint density at radius 1 is 1.43 bits per heavy atom. The van der Waals surface area contributed by atoms with Gasteiger partial charge < -0.3 is 5.32 Å². The summed E-state index contributed by atoms with van der Waals surface area (Å²) in [6, 6.07) is 6.07. The number of nitrogens with zero attached hydrogens (tertiary/aromatic N) is 2. The number of hydrogen-bond acceptors (Lipinski definition) is 4. The van der Waals surface area contributed by atoms with Crippen molar-refractivity contribution in [3.63, 3.8) is 0 Å². The molecule has 1 saturated heterocycles. The third kappa shape index (κ3) is 3.93. The third-order valence-electron chi connectivity index (χ3n) is 4.17. The van der Waals surface area contributed by atoms with Gasteiger partial charge in [-0.15, -0.1) is 0 Å². The van der Waals surface area contributed by atoms with Gasteiger partial charge in [0.05, 0.1) is 4.92 Å². The van der Waals surface area contributed by atoms with Crippen LogP contribution in [0.2, 0.25) is 5.02 Å². The summed E-state index contributed by atoms with van der Waals surface area (Å²) in [6.07, 6.45) is 2.16. The Bertz CT molecular complexity index is 510. The molecule has 0 bridgehead atoms. The van der Waals surface area contributed by atoms with Gasteiger partial charge in [-0.3, -0.25) is 15.0 Å². The molecule has 5 nitrogen and oxygen atoms in total. The second-order valence-corrected chi connectivity index (χ2v) is 5.96. The van der Waals surface area contributed by atoms with Crippen molar-refractivity contribution in [1.82, 2.24) is 10.2 Å². The van der Waals surface area contributed by atoms with Crippen molar-refractivity contribution in [2.24, 2.45) is 0 Å². The van der Waals surface area contributed by atoms with Crippen molar-refractivity contribution in [3.8, 4) is 0 Å². The standard InChI is InChI=1S/C15H22ClN3O2/c1-3-12-10-18(13(4-2)8-17-12)9-11-5-6-14(16)15(7-11)19(20)21/h5-7,12-13,17H,3-4,8-10H2,1-2H3. The molecule has 1 N–H and O–H groups in total. The normalized spacial score (nSPS) is 23.2. The summed E-state index contributed by atoms with van der Waals surface area (Å²) in [4.78, 5) is 13.0. The highest BCUT2D eigenvalue weighted by Crippen LogP contribution is 2.26. The fourth-order valence-corrected chi connectivity index (χ4v) is 3.02. The maximum atomic E-state index is 11.0. The van der Waals surface area contributed by atoms with Crippen LogP contribution in [-0.2, 0) is 6.54 Å². The summed E-state index contributed by atoms with van der Waals surface area (Å²) in [5.74, 6) is 0. The third-order valence-corrected chi connectivity index (χ3v) is 4.49. The van der Waals surface area contributed by atoms with E-state index in [1.54, 1.807) is 12.1 Å². The zero-order valence-corrected chi connectivity index (χ0v) is 13.3. The first-order chi connectivity index (χ1) is 10.0. The van der Waals surface area contributed by atoms with Crippen molar-refractivity contribution < 1.29 is 4.92 Å². The minimum Gasteiger partial charge on any atom is -0.311 e. The first-order valence-electron chi connectivity index (χ1n) is 7.45. The van der Waals surface area contributed by atoms with Gasteiger partial charge in [-0.05, 0) is 24.5 Å². The lowest BCUT2D eigenvalue weighted by molar-refractivity contribution is -0.384. The van der Waals surface area contributed by atoms with Gasteiger partial charge >= 0.3 is 0 Å². The van der Waals surface area contributed by atoms with E-state index in [9.17, 15) is 10.1 Å². The lowest BCUT2D eigenvalue weighted by Gasteiger charge is -2.40. The molecule has 0 saturated carbocycles. The van der Waals surface area contributed by atoms with Crippen LogP contribution in [0.3, 0.4) is 0 Å². The second kappa shape index (κ2) is 7.20. The molecule has 1 aliphatic heterocycles. The van der Waals surface area contributed by atoms with E-state index in [2.05, 4.69) is 24.1 Å². The van der Waals surface area contributed by atoms with Crippen LogP contribution >= 0.6 is 11.6 Å². The molecule has 6 heteroatoms. The minimum atomic E-state index is -0.421. The molecular weight excluding hydrogens is 290 g/mol. The fourth-order valence-electron chi connectivity index (χ4n) is 2.83. The van der Waals surface area contributed by atoms with Gasteiger partial charge in [-0.1, -0.05) is 31.5 Å². The van der Waals surface area contributed by atoms with Crippen LogP contribution in [0.25, 0.3) is 0 Å². The van der Waals surface area contributed by atoms with Crippen molar-refractivity contribution in [3.05, 3.63) is 38.9 Å². The van der Waals surface area contributed by atoms with Crippen LogP contribution in [0.5, 0.6) is 0 Å². The fraction of sp³-hybridized carbons (Fsp3) is 0.600. The number of hydrogen-bond donors (Lipinski definition) is 1. The first kappa shape index (κ1) is 16.2. The SMILES string of the molecule is CCC1CN(Cc2ccc(Cl)c([N+](=O)[O-])c2)C(CC)CN1. The van der Waals surface area contributed by atoms with E-state index >= 15 is 0 Å². The average molecular weight is 312 g/mol. The molecule has 0 spiro atoms. The van der Waals surface area contributed by atoms with Crippen molar-refractivity contribution in [2.45, 2.75) is 45.3 Å². The Morgan fingerprint density at radius 3 is 2.81 bits per heavy atom. The predicted octanol–water partition coefficient (Wildman–Crippen LogP) is 3.21. The molecule has 116 valence electrons. The summed E-state index contributed by atoms with van der Waals surface area (Å²) < 4.78 is 0. The number of rotatable bonds is 5. The van der Waals surface area contributed by atoms with Crippen molar-refractivity contribution in [1.29, 1.82) is 0 Å². The van der Waals surface area contributed by atoms with E-state index in [4.69, 9.17) is 11.6 Å². The van der Waals surface area contributed by atoms with Crippen LogP contribution in [0.15, 0.2) is 18.2 Å². The summed E-state index contributed by atoms with van der Waals surface area (Å²) >= 11 is 5.87.